The fraction of sp³-hybridized carbons (Fsp3) is 0.444. The molecular weight excluding hydrogens is 404 g/mol. The van der Waals surface area contributed by atoms with Crippen LogP contribution in [0.2, 0.25) is 0 Å². The Hall–Kier alpha value is -2.04. The second kappa shape index (κ2) is 10.1. The highest BCUT2D eigenvalue weighted by molar-refractivity contribution is 7.99. The first-order valence-corrected chi connectivity index (χ1v) is 12.1. The Morgan fingerprint density at radius 1 is 1.19 bits per heavy atom. The van der Waals surface area contributed by atoms with E-state index in [2.05, 4.69) is 36.4 Å². The van der Waals surface area contributed by atoms with Crippen molar-refractivity contribution < 1.29 is 15.0 Å². The van der Waals surface area contributed by atoms with Crippen molar-refractivity contribution in [3.05, 3.63) is 76.9 Å². The Labute approximate surface area is 190 Å². The zero-order chi connectivity index (χ0) is 22.5. The zero-order valence-corrected chi connectivity index (χ0v) is 19.6. The summed E-state index contributed by atoms with van der Waals surface area (Å²) in [5.41, 5.74) is 3.73. The number of rotatable bonds is 11. The number of aryl methyl sites for hydroxylation is 1. The van der Waals surface area contributed by atoms with Gasteiger partial charge < -0.3 is 10.2 Å². The first-order chi connectivity index (χ1) is 14.7. The predicted octanol–water partition coefficient (Wildman–Crippen LogP) is 6.61. The van der Waals surface area contributed by atoms with Gasteiger partial charge in [0.25, 0.3) is 0 Å². The average Bonchev–Trinajstić information content (AvgIpc) is 3.47. The summed E-state index contributed by atoms with van der Waals surface area (Å²) in [6.07, 6.45) is 8.28. The maximum Gasteiger partial charge on any atom is 0.303 e. The maximum atomic E-state index is 11.3. The minimum Gasteiger partial charge on any atom is -0.481 e. The number of carbonyl (C=O) groups is 1. The molecule has 1 aliphatic carbocycles. The molecule has 2 aromatic rings. The van der Waals surface area contributed by atoms with Crippen LogP contribution in [0.1, 0.15) is 74.0 Å². The Morgan fingerprint density at radius 3 is 2.58 bits per heavy atom. The van der Waals surface area contributed by atoms with E-state index in [1.165, 1.54) is 16.7 Å². The molecule has 0 bridgehead atoms. The van der Waals surface area contributed by atoms with Gasteiger partial charge in [-0.3, -0.25) is 4.79 Å². The molecule has 0 saturated heterocycles. The molecule has 2 N–H and O–H groups in total. The van der Waals surface area contributed by atoms with Gasteiger partial charge in [0.1, 0.15) is 0 Å². The van der Waals surface area contributed by atoms with E-state index < -0.39 is 11.6 Å². The second-order valence-corrected chi connectivity index (χ2v) is 10.5. The highest BCUT2D eigenvalue weighted by Gasteiger charge is 2.44. The van der Waals surface area contributed by atoms with Crippen molar-refractivity contribution in [3.63, 3.8) is 0 Å². The maximum absolute atomic E-state index is 11.3. The van der Waals surface area contributed by atoms with Gasteiger partial charge in [0.05, 0.1) is 12.0 Å². The van der Waals surface area contributed by atoms with E-state index in [1.54, 1.807) is 0 Å². The summed E-state index contributed by atoms with van der Waals surface area (Å²) in [5.74, 6) is 0.189. The van der Waals surface area contributed by atoms with Gasteiger partial charge in [0.2, 0.25) is 0 Å². The molecule has 0 aromatic heterocycles. The molecule has 2 aromatic carbocycles. The van der Waals surface area contributed by atoms with Gasteiger partial charge in [0.15, 0.2) is 0 Å². The summed E-state index contributed by atoms with van der Waals surface area (Å²) in [6.45, 7) is 5.69. The third kappa shape index (κ3) is 6.72. The summed E-state index contributed by atoms with van der Waals surface area (Å²) >= 11 is 1.90. The van der Waals surface area contributed by atoms with Crippen molar-refractivity contribution in [2.24, 2.45) is 5.41 Å². The molecule has 0 amide bonds. The highest BCUT2D eigenvalue weighted by atomic mass is 32.2. The average molecular weight is 439 g/mol. The first-order valence-electron chi connectivity index (χ1n) is 11.1. The van der Waals surface area contributed by atoms with E-state index in [9.17, 15) is 15.0 Å². The van der Waals surface area contributed by atoms with Crippen LogP contribution in [0.4, 0.5) is 0 Å². The van der Waals surface area contributed by atoms with Gasteiger partial charge in [0, 0.05) is 11.0 Å². The Morgan fingerprint density at radius 2 is 1.94 bits per heavy atom. The number of hydrogen-bond donors (Lipinski definition) is 2. The summed E-state index contributed by atoms with van der Waals surface area (Å²) in [4.78, 5) is 11.3. The molecule has 0 spiro atoms. The topological polar surface area (TPSA) is 57.5 Å². The molecule has 3 nitrogen and oxygen atoms in total. The van der Waals surface area contributed by atoms with Crippen molar-refractivity contribution >= 4 is 23.8 Å². The highest BCUT2D eigenvalue weighted by Crippen LogP contribution is 2.53. The number of allylic oxidation sites excluding steroid dienone is 1. The van der Waals surface area contributed by atoms with Gasteiger partial charge >= 0.3 is 5.97 Å². The van der Waals surface area contributed by atoms with E-state index in [0.29, 0.717) is 0 Å². The molecule has 4 heteroatoms. The van der Waals surface area contributed by atoms with Crippen molar-refractivity contribution in [1.82, 2.24) is 0 Å². The summed E-state index contributed by atoms with van der Waals surface area (Å²) < 4.78 is 0. The van der Waals surface area contributed by atoms with Crippen LogP contribution in [0.15, 0.2) is 54.6 Å². The fourth-order valence-electron chi connectivity index (χ4n) is 4.17. The van der Waals surface area contributed by atoms with Crippen LogP contribution in [0.5, 0.6) is 0 Å². The van der Waals surface area contributed by atoms with Gasteiger partial charge in [-0.2, -0.15) is 11.8 Å². The van der Waals surface area contributed by atoms with E-state index in [0.717, 1.165) is 37.0 Å². The lowest BCUT2D eigenvalue weighted by Crippen LogP contribution is -2.18. The molecule has 0 radical (unpaired) electrons. The standard InChI is InChI=1S/C27H34O3S/c1-4-8-20-9-7-11-22(17-20)24(31-19-27(15-16-27)18-25(28)29)14-13-21-10-5-6-12-23(21)26(2,3)30/h4-12,17,24,30H,13-16,18-19H2,1-3H3,(H,28,29). The van der Waals surface area contributed by atoms with Crippen molar-refractivity contribution in [2.75, 3.05) is 5.75 Å². The molecular formula is C27H34O3S. The zero-order valence-electron chi connectivity index (χ0n) is 18.8. The second-order valence-electron chi connectivity index (χ2n) is 9.30. The van der Waals surface area contributed by atoms with Crippen LogP contribution in [0, 0.1) is 5.41 Å². The lowest BCUT2D eigenvalue weighted by atomic mass is 9.90. The minimum absolute atomic E-state index is 0.0271. The van der Waals surface area contributed by atoms with Crippen LogP contribution in [-0.4, -0.2) is 21.9 Å². The molecule has 1 fully saturated rings. The lowest BCUT2D eigenvalue weighted by molar-refractivity contribution is -0.138. The van der Waals surface area contributed by atoms with Gasteiger partial charge in [-0.1, -0.05) is 60.7 Å². The van der Waals surface area contributed by atoms with Crippen LogP contribution in [0.25, 0.3) is 6.08 Å². The van der Waals surface area contributed by atoms with Crippen LogP contribution in [0.3, 0.4) is 0 Å². The SMILES string of the molecule is CC=Cc1cccc(C(CCc2ccccc2C(C)(C)O)SCC2(CC(=O)O)CC2)c1. The minimum atomic E-state index is -0.870. The number of thioether (sulfide) groups is 1. The Balaban J connectivity index is 1.80. The van der Waals surface area contributed by atoms with Gasteiger partial charge in [-0.05, 0) is 74.1 Å². The molecule has 1 atom stereocenters. The van der Waals surface area contributed by atoms with Gasteiger partial charge in [-0.25, -0.2) is 0 Å². The third-order valence-electron chi connectivity index (χ3n) is 6.07. The number of aliphatic hydroxyl groups is 1. The molecule has 166 valence electrons. The number of carboxylic acids is 1. The number of benzene rings is 2. The molecule has 31 heavy (non-hydrogen) atoms. The molecule has 0 heterocycles. The van der Waals surface area contributed by atoms with Crippen LogP contribution >= 0.6 is 11.8 Å². The smallest absolute Gasteiger partial charge is 0.303 e. The Bertz CT molecular complexity index is 922. The quantitative estimate of drug-likeness (QED) is 0.414. The molecule has 1 saturated carbocycles. The van der Waals surface area contributed by atoms with E-state index in [1.807, 2.05) is 56.8 Å². The number of carboxylic acid groups (broad SMARTS) is 1. The van der Waals surface area contributed by atoms with Crippen LogP contribution in [-0.2, 0) is 16.8 Å². The Kier molecular flexibility index (Phi) is 7.66. The molecule has 1 aliphatic rings. The monoisotopic (exact) mass is 438 g/mol. The van der Waals surface area contributed by atoms with Gasteiger partial charge in [-0.15, -0.1) is 0 Å². The van der Waals surface area contributed by atoms with Crippen LogP contribution < -0.4 is 0 Å². The molecule has 0 aliphatic heterocycles. The first kappa shape index (κ1) is 23.6. The molecule has 1 unspecified atom stereocenters. The van der Waals surface area contributed by atoms with E-state index in [4.69, 9.17) is 0 Å². The summed E-state index contributed by atoms with van der Waals surface area (Å²) in [6, 6.07) is 16.8. The number of aliphatic carboxylic acids is 1. The third-order valence-corrected chi connectivity index (χ3v) is 7.76. The molecule has 3 rings (SSSR count). The van der Waals surface area contributed by atoms with Crippen molar-refractivity contribution in [2.45, 2.75) is 63.7 Å². The lowest BCUT2D eigenvalue weighted by Gasteiger charge is -2.24. The predicted molar refractivity (Wildman–Crippen MR) is 130 cm³/mol. The van der Waals surface area contributed by atoms with E-state index >= 15 is 0 Å². The fourth-order valence-corrected chi connectivity index (χ4v) is 5.74. The summed E-state index contributed by atoms with van der Waals surface area (Å²) in [7, 11) is 0. The normalized spacial score (nSPS) is 16.4. The summed E-state index contributed by atoms with van der Waals surface area (Å²) in [5, 5.41) is 20.2. The number of hydrogen-bond acceptors (Lipinski definition) is 3. The van der Waals surface area contributed by atoms with E-state index in [-0.39, 0.29) is 17.1 Å². The largest absolute Gasteiger partial charge is 0.481 e. The van der Waals surface area contributed by atoms with Crippen molar-refractivity contribution in [3.8, 4) is 0 Å². The van der Waals surface area contributed by atoms with Crippen molar-refractivity contribution in [1.29, 1.82) is 0 Å².